The number of aliphatic hydroxyl groups excluding tert-OH is 1. The summed E-state index contributed by atoms with van der Waals surface area (Å²) in [6, 6.07) is 4.70. The lowest BCUT2D eigenvalue weighted by Gasteiger charge is -2.21. The van der Waals surface area contributed by atoms with Gasteiger partial charge in [-0.05, 0) is 13.0 Å². The molecule has 0 unspecified atom stereocenters. The van der Waals surface area contributed by atoms with Gasteiger partial charge in [0.1, 0.15) is 17.6 Å². The SMILES string of the molecule is COc1cccc2c1C(=O)C(=O)C(C[C@H](C)OC(C)=O)=C2O. The highest BCUT2D eigenvalue weighted by Gasteiger charge is 2.35. The van der Waals surface area contributed by atoms with E-state index >= 15 is 0 Å². The zero-order chi connectivity index (χ0) is 16.4. The number of rotatable bonds is 4. The lowest BCUT2D eigenvalue weighted by Crippen LogP contribution is -2.27. The van der Waals surface area contributed by atoms with Gasteiger partial charge in [0.2, 0.25) is 11.6 Å². The van der Waals surface area contributed by atoms with Crippen molar-refractivity contribution in [3.63, 3.8) is 0 Å². The minimum atomic E-state index is -0.812. The summed E-state index contributed by atoms with van der Waals surface area (Å²) in [5.41, 5.74) is 0.241. The summed E-state index contributed by atoms with van der Waals surface area (Å²) < 4.78 is 10.0. The number of ketones is 2. The molecule has 0 heterocycles. The fourth-order valence-electron chi connectivity index (χ4n) is 2.46. The second-order valence-electron chi connectivity index (χ2n) is 4.99. The Labute approximate surface area is 127 Å². The molecule has 0 amide bonds. The van der Waals surface area contributed by atoms with Crippen LogP contribution in [0.2, 0.25) is 0 Å². The Balaban J connectivity index is 2.48. The van der Waals surface area contributed by atoms with Crippen LogP contribution in [0.25, 0.3) is 5.76 Å². The number of hydrogen-bond donors (Lipinski definition) is 1. The van der Waals surface area contributed by atoms with Crippen LogP contribution < -0.4 is 4.74 Å². The molecule has 116 valence electrons. The summed E-state index contributed by atoms with van der Waals surface area (Å²) in [5.74, 6) is -2.10. The van der Waals surface area contributed by atoms with E-state index < -0.39 is 23.6 Å². The normalized spacial score (nSPS) is 15.4. The molecule has 1 aromatic rings. The van der Waals surface area contributed by atoms with Gasteiger partial charge in [0.15, 0.2) is 0 Å². The van der Waals surface area contributed by atoms with Crippen molar-refractivity contribution in [1.29, 1.82) is 0 Å². The number of Topliss-reactive ketones (excluding diaryl/α,β-unsaturated/α-hetero) is 2. The van der Waals surface area contributed by atoms with E-state index in [4.69, 9.17) is 9.47 Å². The Morgan fingerprint density at radius 1 is 1.27 bits per heavy atom. The lowest BCUT2D eigenvalue weighted by atomic mass is 9.85. The summed E-state index contributed by atoms with van der Waals surface area (Å²) in [4.78, 5) is 35.4. The summed E-state index contributed by atoms with van der Waals surface area (Å²) in [6.45, 7) is 2.83. The number of ether oxygens (including phenoxy) is 2. The zero-order valence-electron chi connectivity index (χ0n) is 12.5. The monoisotopic (exact) mass is 304 g/mol. The van der Waals surface area contributed by atoms with Gasteiger partial charge >= 0.3 is 5.97 Å². The molecule has 1 N–H and O–H groups in total. The minimum Gasteiger partial charge on any atom is -0.507 e. The number of benzene rings is 1. The predicted octanol–water partition coefficient (Wildman–Crippen LogP) is 2.07. The Bertz CT molecular complexity index is 686. The van der Waals surface area contributed by atoms with Crippen LogP contribution in [-0.4, -0.2) is 35.9 Å². The van der Waals surface area contributed by atoms with Crippen LogP contribution in [0.5, 0.6) is 5.75 Å². The van der Waals surface area contributed by atoms with Gasteiger partial charge in [-0.25, -0.2) is 0 Å². The van der Waals surface area contributed by atoms with Crippen LogP contribution in [0.1, 0.15) is 36.2 Å². The van der Waals surface area contributed by atoms with Crippen LogP contribution in [0.4, 0.5) is 0 Å². The highest BCUT2D eigenvalue weighted by molar-refractivity contribution is 6.52. The molecule has 6 heteroatoms. The Morgan fingerprint density at radius 2 is 1.95 bits per heavy atom. The van der Waals surface area contributed by atoms with Crippen LogP contribution in [0, 0.1) is 0 Å². The second kappa shape index (κ2) is 6.01. The maximum atomic E-state index is 12.3. The molecule has 22 heavy (non-hydrogen) atoms. The molecule has 2 rings (SSSR count). The molecule has 0 fully saturated rings. The second-order valence-corrected chi connectivity index (χ2v) is 4.99. The third kappa shape index (κ3) is 2.72. The summed E-state index contributed by atoms with van der Waals surface area (Å²) in [6.07, 6.45) is -0.661. The molecule has 6 nitrogen and oxygen atoms in total. The van der Waals surface area contributed by atoms with E-state index in [1.807, 2.05) is 0 Å². The molecule has 0 saturated heterocycles. The first-order valence-corrected chi connectivity index (χ1v) is 6.72. The van der Waals surface area contributed by atoms with Gasteiger partial charge in [-0.15, -0.1) is 0 Å². The molecule has 0 aliphatic heterocycles. The van der Waals surface area contributed by atoms with Crippen molar-refractivity contribution in [2.24, 2.45) is 0 Å². The van der Waals surface area contributed by atoms with Gasteiger partial charge < -0.3 is 14.6 Å². The number of fused-ring (bicyclic) bond motifs is 1. The maximum absolute atomic E-state index is 12.3. The third-order valence-corrected chi connectivity index (χ3v) is 3.35. The molecule has 1 aromatic carbocycles. The number of esters is 1. The number of aliphatic hydroxyl groups is 1. The molecule has 1 aliphatic rings. The average Bonchev–Trinajstić information content (AvgIpc) is 2.47. The third-order valence-electron chi connectivity index (χ3n) is 3.35. The molecule has 1 aliphatic carbocycles. The number of methoxy groups -OCH3 is 1. The molecular weight excluding hydrogens is 288 g/mol. The van der Waals surface area contributed by atoms with Crippen molar-refractivity contribution in [3.05, 3.63) is 34.9 Å². The van der Waals surface area contributed by atoms with Gasteiger partial charge in [-0.3, -0.25) is 14.4 Å². The summed E-state index contributed by atoms with van der Waals surface area (Å²) in [5, 5.41) is 10.3. The van der Waals surface area contributed by atoms with Crippen LogP contribution in [0.15, 0.2) is 23.8 Å². The maximum Gasteiger partial charge on any atom is 0.302 e. The van der Waals surface area contributed by atoms with E-state index in [1.54, 1.807) is 19.1 Å². The zero-order valence-corrected chi connectivity index (χ0v) is 12.5. The fraction of sp³-hybridized carbons (Fsp3) is 0.312. The number of carbonyl (C=O) groups is 3. The van der Waals surface area contributed by atoms with Crippen molar-refractivity contribution < 1.29 is 29.0 Å². The predicted molar refractivity (Wildman–Crippen MR) is 77.7 cm³/mol. The first kappa shape index (κ1) is 15.8. The van der Waals surface area contributed by atoms with E-state index in [9.17, 15) is 19.5 Å². The molecule has 1 atom stereocenters. The Hall–Kier alpha value is -2.63. The minimum absolute atomic E-state index is 0.0351. The smallest absolute Gasteiger partial charge is 0.302 e. The summed E-state index contributed by atoms with van der Waals surface area (Å²) >= 11 is 0. The molecule has 0 aromatic heterocycles. The molecule has 0 spiro atoms. The van der Waals surface area contributed by atoms with Crippen LogP contribution >= 0.6 is 0 Å². The van der Waals surface area contributed by atoms with Crippen molar-refractivity contribution in [3.8, 4) is 5.75 Å². The Kier molecular flexibility index (Phi) is 4.30. The molecule has 0 saturated carbocycles. The van der Waals surface area contributed by atoms with Gasteiger partial charge in [0, 0.05) is 24.5 Å². The summed E-state index contributed by atoms with van der Waals surface area (Å²) in [7, 11) is 1.38. The van der Waals surface area contributed by atoms with E-state index in [0.717, 1.165) is 0 Å². The Morgan fingerprint density at radius 3 is 2.55 bits per heavy atom. The number of carbonyl (C=O) groups excluding carboxylic acids is 3. The quantitative estimate of drug-likeness (QED) is 0.676. The van der Waals surface area contributed by atoms with E-state index in [2.05, 4.69) is 0 Å². The number of hydrogen-bond acceptors (Lipinski definition) is 6. The van der Waals surface area contributed by atoms with Crippen molar-refractivity contribution in [2.75, 3.05) is 7.11 Å². The van der Waals surface area contributed by atoms with Gasteiger partial charge in [-0.2, -0.15) is 0 Å². The molecule has 0 bridgehead atoms. The molecular formula is C16H16O6. The van der Waals surface area contributed by atoms with E-state index in [0.29, 0.717) is 0 Å². The van der Waals surface area contributed by atoms with Crippen molar-refractivity contribution >= 4 is 23.3 Å². The van der Waals surface area contributed by atoms with Crippen LogP contribution in [-0.2, 0) is 14.3 Å². The lowest BCUT2D eigenvalue weighted by molar-refractivity contribution is -0.145. The van der Waals surface area contributed by atoms with Crippen LogP contribution in [0.3, 0.4) is 0 Å². The molecule has 0 radical (unpaired) electrons. The highest BCUT2D eigenvalue weighted by Crippen LogP contribution is 2.35. The van der Waals surface area contributed by atoms with E-state index in [1.165, 1.54) is 20.1 Å². The first-order chi connectivity index (χ1) is 10.4. The standard InChI is InChI=1S/C16H16O6/c1-8(22-9(2)17)7-11-14(18)10-5-4-6-12(21-3)13(10)16(20)15(11)19/h4-6,8,18H,7H2,1-3H3/t8-/m0/s1. The average molecular weight is 304 g/mol. The first-order valence-electron chi connectivity index (χ1n) is 6.72. The van der Waals surface area contributed by atoms with E-state index in [-0.39, 0.29) is 34.6 Å². The van der Waals surface area contributed by atoms with Gasteiger partial charge in [0.25, 0.3) is 0 Å². The largest absolute Gasteiger partial charge is 0.507 e. The van der Waals surface area contributed by atoms with Crippen molar-refractivity contribution in [2.45, 2.75) is 26.4 Å². The fourth-order valence-corrected chi connectivity index (χ4v) is 2.46. The van der Waals surface area contributed by atoms with Crippen molar-refractivity contribution in [1.82, 2.24) is 0 Å². The van der Waals surface area contributed by atoms with Gasteiger partial charge in [0.05, 0.1) is 12.7 Å². The highest BCUT2D eigenvalue weighted by atomic mass is 16.5. The van der Waals surface area contributed by atoms with Gasteiger partial charge in [-0.1, -0.05) is 12.1 Å². The topological polar surface area (TPSA) is 89.9 Å².